The minimum atomic E-state index is -0.603. The van der Waals surface area contributed by atoms with Gasteiger partial charge in [0.25, 0.3) is 0 Å². The van der Waals surface area contributed by atoms with Gasteiger partial charge in [-0.1, -0.05) is 11.6 Å². The summed E-state index contributed by atoms with van der Waals surface area (Å²) in [6.07, 6.45) is 1.35. The van der Waals surface area contributed by atoms with Crippen LogP contribution in [0.15, 0.2) is 6.33 Å². The molecule has 1 aromatic rings. The van der Waals surface area contributed by atoms with Crippen LogP contribution in [0, 0.1) is 10.1 Å². The summed E-state index contributed by atoms with van der Waals surface area (Å²) in [5.74, 6) is -0.284. The van der Waals surface area contributed by atoms with E-state index in [0.29, 0.717) is 6.54 Å². The highest BCUT2D eigenvalue weighted by Gasteiger charge is 2.17. The summed E-state index contributed by atoms with van der Waals surface area (Å²) in [6.45, 7) is 2.41. The van der Waals surface area contributed by atoms with Gasteiger partial charge in [0.15, 0.2) is 0 Å². The van der Waals surface area contributed by atoms with Gasteiger partial charge in [0.2, 0.25) is 11.5 Å². The SMILES string of the molecule is CCn1cnc([N+](=O)[O-])c1Cl. The Bertz CT molecular complexity index is 283. The lowest BCUT2D eigenvalue weighted by atomic mass is 10.7. The molecule has 0 aliphatic rings. The van der Waals surface area contributed by atoms with Crippen molar-refractivity contribution in [1.82, 2.24) is 9.55 Å². The van der Waals surface area contributed by atoms with Crippen LogP contribution in [0.2, 0.25) is 5.15 Å². The minimum absolute atomic E-state index is 0.0810. The maximum Gasteiger partial charge on any atom is 0.401 e. The Kier molecular flexibility index (Phi) is 2.09. The van der Waals surface area contributed by atoms with E-state index >= 15 is 0 Å². The molecule has 5 nitrogen and oxygen atoms in total. The van der Waals surface area contributed by atoms with E-state index in [9.17, 15) is 10.1 Å². The molecule has 0 spiro atoms. The largest absolute Gasteiger partial charge is 0.401 e. The Morgan fingerprint density at radius 3 is 2.82 bits per heavy atom. The average Bonchev–Trinajstić information content (AvgIpc) is 2.30. The molecule has 0 N–H and O–H groups in total. The summed E-state index contributed by atoms with van der Waals surface area (Å²) >= 11 is 5.58. The van der Waals surface area contributed by atoms with Gasteiger partial charge in [0.1, 0.15) is 0 Å². The monoisotopic (exact) mass is 175 g/mol. The van der Waals surface area contributed by atoms with Crippen molar-refractivity contribution in [3.8, 4) is 0 Å². The molecular formula is C5H6ClN3O2. The fraction of sp³-hybridized carbons (Fsp3) is 0.400. The molecule has 0 fully saturated rings. The van der Waals surface area contributed by atoms with Crippen LogP contribution in [0.25, 0.3) is 0 Å². The zero-order valence-corrected chi connectivity index (χ0v) is 6.58. The highest BCUT2D eigenvalue weighted by atomic mass is 35.5. The van der Waals surface area contributed by atoms with Crippen molar-refractivity contribution in [2.24, 2.45) is 0 Å². The van der Waals surface area contributed by atoms with Gasteiger partial charge in [-0.2, -0.15) is 0 Å². The molecule has 0 unspecified atom stereocenters. The summed E-state index contributed by atoms with van der Waals surface area (Å²) in [4.78, 5) is 13.1. The molecule has 0 bridgehead atoms. The van der Waals surface area contributed by atoms with E-state index < -0.39 is 4.92 Å². The van der Waals surface area contributed by atoms with Crippen LogP contribution < -0.4 is 0 Å². The number of hydrogen-bond acceptors (Lipinski definition) is 3. The maximum absolute atomic E-state index is 10.2. The topological polar surface area (TPSA) is 61.0 Å². The van der Waals surface area contributed by atoms with Gasteiger partial charge in [0, 0.05) is 6.54 Å². The second-order valence-electron chi connectivity index (χ2n) is 1.90. The van der Waals surface area contributed by atoms with Gasteiger partial charge in [-0.05, 0) is 16.8 Å². The summed E-state index contributed by atoms with van der Waals surface area (Å²) in [7, 11) is 0. The molecule has 6 heteroatoms. The molecular weight excluding hydrogens is 170 g/mol. The van der Waals surface area contributed by atoms with E-state index in [0.717, 1.165) is 0 Å². The molecule has 1 heterocycles. The number of halogens is 1. The van der Waals surface area contributed by atoms with Gasteiger partial charge < -0.3 is 10.1 Å². The second kappa shape index (κ2) is 2.87. The Morgan fingerprint density at radius 1 is 1.91 bits per heavy atom. The quantitative estimate of drug-likeness (QED) is 0.505. The molecule has 11 heavy (non-hydrogen) atoms. The van der Waals surface area contributed by atoms with Crippen molar-refractivity contribution in [1.29, 1.82) is 0 Å². The fourth-order valence-corrected chi connectivity index (χ4v) is 0.981. The van der Waals surface area contributed by atoms with Crippen molar-refractivity contribution in [2.45, 2.75) is 13.5 Å². The molecule has 0 saturated heterocycles. The Balaban J connectivity index is 3.10. The summed E-state index contributed by atoms with van der Waals surface area (Å²) < 4.78 is 1.50. The molecule has 60 valence electrons. The third-order valence-corrected chi connectivity index (χ3v) is 1.66. The van der Waals surface area contributed by atoms with Crippen LogP contribution in [0.4, 0.5) is 5.82 Å². The van der Waals surface area contributed by atoms with Crippen LogP contribution in [-0.4, -0.2) is 14.5 Å². The summed E-state index contributed by atoms with van der Waals surface area (Å²) in [6, 6.07) is 0. The first-order valence-corrected chi connectivity index (χ1v) is 3.39. The fourth-order valence-electron chi connectivity index (χ4n) is 0.700. The standard InChI is InChI=1S/C5H6ClN3O2/c1-2-8-3-7-5(4(8)6)9(10)11/h3H,2H2,1H3. The lowest BCUT2D eigenvalue weighted by molar-refractivity contribution is -0.389. The predicted molar refractivity (Wildman–Crippen MR) is 39.6 cm³/mol. The van der Waals surface area contributed by atoms with E-state index in [1.165, 1.54) is 10.9 Å². The van der Waals surface area contributed by atoms with E-state index in [1.807, 2.05) is 6.92 Å². The highest BCUT2D eigenvalue weighted by Crippen LogP contribution is 2.21. The highest BCUT2D eigenvalue weighted by molar-refractivity contribution is 6.31. The maximum atomic E-state index is 10.2. The van der Waals surface area contributed by atoms with Crippen molar-refractivity contribution in [3.63, 3.8) is 0 Å². The number of nitrogens with zero attached hydrogens (tertiary/aromatic N) is 3. The van der Waals surface area contributed by atoms with Crippen LogP contribution >= 0.6 is 11.6 Å². The summed E-state index contributed by atoms with van der Waals surface area (Å²) in [5, 5.41) is 10.3. The Labute approximate surface area is 67.8 Å². The normalized spacial score (nSPS) is 10.0. The van der Waals surface area contributed by atoms with Gasteiger partial charge >= 0.3 is 5.82 Å². The van der Waals surface area contributed by atoms with E-state index in [1.54, 1.807) is 0 Å². The first-order valence-electron chi connectivity index (χ1n) is 3.01. The predicted octanol–water partition coefficient (Wildman–Crippen LogP) is 1.46. The molecule has 0 aliphatic carbocycles. The van der Waals surface area contributed by atoms with E-state index in [4.69, 9.17) is 11.6 Å². The van der Waals surface area contributed by atoms with Crippen molar-refractivity contribution >= 4 is 17.4 Å². The number of imidazole rings is 1. The van der Waals surface area contributed by atoms with Gasteiger partial charge in [-0.3, -0.25) is 4.57 Å². The number of rotatable bonds is 2. The van der Waals surface area contributed by atoms with Crippen LogP contribution in [0.3, 0.4) is 0 Å². The third kappa shape index (κ3) is 1.32. The molecule has 1 rings (SSSR count). The zero-order valence-electron chi connectivity index (χ0n) is 5.82. The zero-order chi connectivity index (χ0) is 8.43. The molecule has 0 amide bonds. The molecule has 0 aliphatic heterocycles. The smallest absolute Gasteiger partial charge is 0.358 e. The number of hydrogen-bond donors (Lipinski definition) is 0. The van der Waals surface area contributed by atoms with Crippen molar-refractivity contribution in [3.05, 3.63) is 21.6 Å². The van der Waals surface area contributed by atoms with Crippen LogP contribution in [0.1, 0.15) is 6.92 Å². The number of nitro groups is 1. The lowest BCUT2D eigenvalue weighted by Gasteiger charge is -1.93. The number of aryl methyl sites for hydroxylation is 1. The van der Waals surface area contributed by atoms with Crippen LogP contribution in [0.5, 0.6) is 0 Å². The minimum Gasteiger partial charge on any atom is -0.358 e. The molecule has 0 atom stereocenters. The van der Waals surface area contributed by atoms with Gasteiger partial charge in [-0.25, -0.2) is 0 Å². The second-order valence-corrected chi connectivity index (χ2v) is 2.26. The molecule has 0 radical (unpaired) electrons. The Hall–Kier alpha value is -1.10. The first-order chi connectivity index (χ1) is 5.16. The molecule has 1 aromatic heterocycles. The lowest BCUT2D eigenvalue weighted by Crippen LogP contribution is -1.92. The van der Waals surface area contributed by atoms with Crippen LogP contribution in [-0.2, 0) is 6.54 Å². The van der Waals surface area contributed by atoms with E-state index in [2.05, 4.69) is 4.98 Å². The van der Waals surface area contributed by atoms with E-state index in [-0.39, 0.29) is 11.0 Å². The third-order valence-electron chi connectivity index (χ3n) is 1.27. The number of aromatic nitrogens is 2. The molecule has 0 aromatic carbocycles. The summed E-state index contributed by atoms with van der Waals surface area (Å²) in [5.41, 5.74) is 0. The first kappa shape index (κ1) is 8.00. The van der Waals surface area contributed by atoms with Gasteiger partial charge in [0.05, 0.1) is 0 Å². The Morgan fingerprint density at radius 2 is 2.55 bits per heavy atom. The van der Waals surface area contributed by atoms with Gasteiger partial charge in [-0.15, -0.1) is 0 Å². The van der Waals surface area contributed by atoms with Crippen molar-refractivity contribution < 1.29 is 4.92 Å². The average molecular weight is 176 g/mol. The molecule has 0 saturated carbocycles. The van der Waals surface area contributed by atoms with Crippen molar-refractivity contribution in [2.75, 3.05) is 0 Å².